The minimum atomic E-state index is -0.499. The molecule has 1 rings (SSSR count). The van der Waals surface area contributed by atoms with Crippen molar-refractivity contribution in [3.05, 3.63) is 20.8 Å². The van der Waals surface area contributed by atoms with E-state index < -0.39 is 5.97 Å². The predicted molar refractivity (Wildman–Crippen MR) is 70.0 cm³/mol. The average molecular weight is 320 g/mol. The van der Waals surface area contributed by atoms with Gasteiger partial charge in [-0.2, -0.15) is 0 Å². The van der Waals surface area contributed by atoms with Crippen LogP contribution in [0.1, 0.15) is 11.3 Å². The lowest BCUT2D eigenvalue weighted by Gasteiger charge is -2.15. The Bertz CT molecular complexity index is 405. The molecule has 0 radical (unpaired) electrons. The van der Waals surface area contributed by atoms with Crippen molar-refractivity contribution in [1.29, 1.82) is 0 Å². The van der Waals surface area contributed by atoms with E-state index in [1.165, 1.54) is 12.0 Å². The minimum absolute atomic E-state index is 0.193. The number of esters is 1. The topological polar surface area (TPSA) is 46.6 Å². The Hall–Kier alpha value is -0.880. The third-order valence-electron chi connectivity index (χ3n) is 2.27. The second-order valence-corrected chi connectivity index (χ2v) is 6.07. The number of hydrogen-bond donors (Lipinski definition) is 0. The molecule has 0 aliphatic rings. The smallest absolute Gasteiger partial charge is 0.315 e. The highest BCUT2D eigenvalue weighted by Crippen LogP contribution is 2.22. The number of thiophene rings is 1. The van der Waals surface area contributed by atoms with Crippen LogP contribution in [0.3, 0.4) is 0 Å². The number of methoxy groups -OCH3 is 1. The van der Waals surface area contributed by atoms with Gasteiger partial charge >= 0.3 is 5.97 Å². The molecule has 0 aliphatic carbocycles. The summed E-state index contributed by atoms with van der Waals surface area (Å²) in [7, 11) is 2.96. The van der Waals surface area contributed by atoms with Crippen molar-refractivity contribution in [3.63, 3.8) is 0 Å². The van der Waals surface area contributed by atoms with E-state index in [0.29, 0.717) is 6.54 Å². The molecule has 0 aromatic carbocycles. The number of rotatable bonds is 5. The quantitative estimate of drug-likeness (QED) is 0.616. The van der Waals surface area contributed by atoms with Crippen LogP contribution in [0.4, 0.5) is 0 Å². The number of halogens is 1. The zero-order chi connectivity index (χ0) is 12.8. The maximum absolute atomic E-state index is 11.6. The van der Waals surface area contributed by atoms with E-state index in [1.54, 1.807) is 23.3 Å². The fourth-order valence-electron chi connectivity index (χ4n) is 1.22. The molecule has 0 N–H and O–H groups in total. The van der Waals surface area contributed by atoms with Gasteiger partial charge in [0.05, 0.1) is 10.9 Å². The molecule has 4 nitrogen and oxygen atoms in total. The fourth-order valence-corrected chi connectivity index (χ4v) is 2.69. The van der Waals surface area contributed by atoms with Crippen molar-refractivity contribution in [2.45, 2.75) is 12.8 Å². The zero-order valence-corrected chi connectivity index (χ0v) is 12.1. The molecule has 0 atom stereocenters. The average Bonchev–Trinajstić information content (AvgIpc) is 2.71. The Kier molecular flexibility index (Phi) is 5.64. The monoisotopic (exact) mass is 319 g/mol. The summed E-state index contributed by atoms with van der Waals surface area (Å²) < 4.78 is 5.53. The molecule has 1 heterocycles. The Morgan fingerprint density at radius 2 is 2.18 bits per heavy atom. The second-order valence-electron chi connectivity index (χ2n) is 3.52. The van der Waals surface area contributed by atoms with E-state index in [0.717, 1.165) is 10.2 Å². The van der Waals surface area contributed by atoms with Gasteiger partial charge in [0.15, 0.2) is 0 Å². The molecule has 1 aromatic heterocycles. The third-order valence-corrected chi connectivity index (χ3v) is 3.95. The van der Waals surface area contributed by atoms with E-state index in [-0.39, 0.29) is 12.3 Å². The Labute approximate surface area is 113 Å². The Balaban J connectivity index is 2.36. The van der Waals surface area contributed by atoms with Crippen LogP contribution in [0.2, 0.25) is 0 Å². The molecule has 17 heavy (non-hydrogen) atoms. The summed E-state index contributed by atoms with van der Waals surface area (Å²) in [4.78, 5) is 25.2. The molecule has 0 fully saturated rings. The van der Waals surface area contributed by atoms with Crippen molar-refractivity contribution >= 4 is 39.1 Å². The number of nitrogens with zero attached hydrogens (tertiary/aromatic N) is 1. The standard InChI is InChI=1S/C11H14BrNO3S/c1-13(10(14)7-11(15)16-2)6-5-8-3-4-9(12)17-8/h3-4H,5-7H2,1-2H3. The first-order valence-electron chi connectivity index (χ1n) is 5.08. The number of hydrogen-bond acceptors (Lipinski definition) is 4. The van der Waals surface area contributed by atoms with Gasteiger partial charge in [-0.3, -0.25) is 9.59 Å². The van der Waals surface area contributed by atoms with Crippen molar-refractivity contribution in [2.75, 3.05) is 20.7 Å². The molecular formula is C11H14BrNO3S. The van der Waals surface area contributed by atoms with Crippen molar-refractivity contribution in [1.82, 2.24) is 4.90 Å². The van der Waals surface area contributed by atoms with E-state index in [1.807, 2.05) is 12.1 Å². The third kappa shape index (κ3) is 4.87. The lowest BCUT2D eigenvalue weighted by atomic mass is 10.3. The van der Waals surface area contributed by atoms with Crippen molar-refractivity contribution in [2.24, 2.45) is 0 Å². The first-order chi connectivity index (χ1) is 8.02. The van der Waals surface area contributed by atoms with Crippen molar-refractivity contribution < 1.29 is 14.3 Å². The number of ether oxygens (including phenoxy) is 1. The molecule has 0 unspecified atom stereocenters. The summed E-state index contributed by atoms with van der Waals surface area (Å²) in [6, 6.07) is 4.00. The number of likely N-dealkylation sites (N-methyl/N-ethyl adjacent to an activating group) is 1. The summed E-state index contributed by atoms with van der Waals surface area (Å²) >= 11 is 5.03. The summed E-state index contributed by atoms with van der Waals surface area (Å²) in [6.45, 7) is 0.600. The zero-order valence-electron chi connectivity index (χ0n) is 9.73. The molecule has 1 amide bonds. The maximum atomic E-state index is 11.6. The number of amides is 1. The molecule has 0 saturated heterocycles. The predicted octanol–water partition coefficient (Wildman–Crippen LogP) is 2.07. The lowest BCUT2D eigenvalue weighted by Crippen LogP contribution is -2.30. The first-order valence-corrected chi connectivity index (χ1v) is 6.69. The molecule has 1 aromatic rings. The SMILES string of the molecule is COC(=O)CC(=O)N(C)CCc1ccc(Br)s1. The largest absolute Gasteiger partial charge is 0.469 e. The van der Waals surface area contributed by atoms with Crippen LogP contribution in [-0.4, -0.2) is 37.5 Å². The highest BCUT2D eigenvalue weighted by molar-refractivity contribution is 9.11. The van der Waals surface area contributed by atoms with E-state index in [2.05, 4.69) is 20.7 Å². The summed E-state index contributed by atoms with van der Waals surface area (Å²) in [6.07, 6.45) is 0.598. The van der Waals surface area contributed by atoms with Gasteiger partial charge in [-0.1, -0.05) is 0 Å². The van der Waals surface area contributed by atoms with Gasteiger partial charge in [0.2, 0.25) is 5.91 Å². The van der Waals surface area contributed by atoms with Crippen LogP contribution in [0.25, 0.3) is 0 Å². The first kappa shape index (κ1) is 14.2. The Morgan fingerprint density at radius 1 is 1.47 bits per heavy atom. The lowest BCUT2D eigenvalue weighted by molar-refractivity contribution is -0.146. The molecule has 6 heteroatoms. The summed E-state index contributed by atoms with van der Waals surface area (Å²) in [5.41, 5.74) is 0. The Morgan fingerprint density at radius 3 is 2.71 bits per heavy atom. The van der Waals surface area contributed by atoms with E-state index >= 15 is 0 Å². The van der Waals surface area contributed by atoms with Crippen LogP contribution < -0.4 is 0 Å². The van der Waals surface area contributed by atoms with E-state index in [9.17, 15) is 9.59 Å². The highest BCUT2D eigenvalue weighted by atomic mass is 79.9. The van der Waals surface area contributed by atoms with Crippen LogP contribution >= 0.6 is 27.3 Å². The van der Waals surface area contributed by atoms with Crippen LogP contribution in [0, 0.1) is 0 Å². The molecule has 0 bridgehead atoms. The normalized spacial score (nSPS) is 10.1. The fraction of sp³-hybridized carbons (Fsp3) is 0.455. The van der Waals surface area contributed by atoms with Crippen LogP contribution in [0.15, 0.2) is 15.9 Å². The number of carbonyl (C=O) groups is 2. The van der Waals surface area contributed by atoms with Gasteiger partial charge in [0.25, 0.3) is 0 Å². The van der Waals surface area contributed by atoms with Crippen LogP contribution in [-0.2, 0) is 20.7 Å². The summed E-state index contributed by atoms with van der Waals surface area (Å²) in [5, 5.41) is 0. The van der Waals surface area contributed by atoms with Gasteiger partial charge in [-0.05, 0) is 34.5 Å². The molecular weight excluding hydrogens is 306 g/mol. The second kappa shape index (κ2) is 6.76. The maximum Gasteiger partial charge on any atom is 0.315 e. The van der Waals surface area contributed by atoms with Gasteiger partial charge < -0.3 is 9.64 Å². The molecule has 0 spiro atoms. The molecule has 0 aliphatic heterocycles. The summed E-state index contributed by atoms with van der Waals surface area (Å²) in [5.74, 6) is -0.715. The van der Waals surface area contributed by atoms with Crippen LogP contribution in [0.5, 0.6) is 0 Å². The highest BCUT2D eigenvalue weighted by Gasteiger charge is 2.14. The van der Waals surface area contributed by atoms with Gasteiger partial charge in [-0.15, -0.1) is 11.3 Å². The van der Waals surface area contributed by atoms with Gasteiger partial charge in [0.1, 0.15) is 6.42 Å². The van der Waals surface area contributed by atoms with E-state index in [4.69, 9.17) is 0 Å². The van der Waals surface area contributed by atoms with Gasteiger partial charge in [0, 0.05) is 18.5 Å². The van der Waals surface area contributed by atoms with Crippen molar-refractivity contribution in [3.8, 4) is 0 Å². The molecule has 0 saturated carbocycles. The number of carbonyl (C=O) groups excluding carboxylic acids is 2. The van der Waals surface area contributed by atoms with Gasteiger partial charge in [-0.25, -0.2) is 0 Å². The molecule has 94 valence electrons. The minimum Gasteiger partial charge on any atom is -0.469 e.